The van der Waals surface area contributed by atoms with Gasteiger partial charge in [0.15, 0.2) is 0 Å². The van der Waals surface area contributed by atoms with Crippen LogP contribution < -0.4 is 5.32 Å². The van der Waals surface area contributed by atoms with Crippen molar-refractivity contribution < 1.29 is 23.8 Å². The second-order valence-corrected chi connectivity index (χ2v) is 6.26. The summed E-state index contributed by atoms with van der Waals surface area (Å²) in [5, 5.41) is 11.4. The number of hydrogen-bond donors (Lipinski definition) is 2. The van der Waals surface area contributed by atoms with E-state index in [0.29, 0.717) is 5.56 Å². The van der Waals surface area contributed by atoms with E-state index in [1.165, 1.54) is 18.2 Å². The summed E-state index contributed by atoms with van der Waals surface area (Å²) in [5.41, 5.74) is -0.209. The van der Waals surface area contributed by atoms with E-state index < -0.39 is 29.4 Å². The highest BCUT2D eigenvalue weighted by Crippen LogP contribution is 2.24. The molecule has 0 spiro atoms. The minimum atomic E-state index is -1.05. The van der Waals surface area contributed by atoms with E-state index in [1.807, 2.05) is 0 Å². The lowest BCUT2D eigenvalue weighted by Crippen LogP contribution is -2.35. The number of amides is 1. The van der Waals surface area contributed by atoms with Crippen molar-refractivity contribution in [3.8, 4) is 0 Å². The van der Waals surface area contributed by atoms with Crippen LogP contribution in [0.2, 0.25) is 5.02 Å². The minimum Gasteiger partial charge on any atom is -0.481 e. The van der Waals surface area contributed by atoms with Gasteiger partial charge in [0, 0.05) is 12.5 Å². The van der Waals surface area contributed by atoms with Crippen molar-refractivity contribution in [3.05, 3.63) is 34.6 Å². The van der Waals surface area contributed by atoms with Crippen LogP contribution in [0.25, 0.3) is 0 Å². The van der Waals surface area contributed by atoms with Crippen molar-refractivity contribution in [2.75, 3.05) is 6.54 Å². The summed E-state index contributed by atoms with van der Waals surface area (Å²) in [6, 6.07) is 4.07. The van der Waals surface area contributed by atoms with E-state index in [0.717, 1.165) is 0 Å². The number of nitrogens with one attached hydrogen (secondary N) is 1. The maximum atomic E-state index is 13.5. The number of aliphatic carboxylic acids is 1. The molecule has 0 aliphatic rings. The lowest BCUT2D eigenvalue weighted by molar-refractivity contribution is -0.137. The molecular formula is C15H19ClFNO4. The van der Waals surface area contributed by atoms with Gasteiger partial charge in [0.05, 0.1) is 11.4 Å². The predicted octanol–water partition coefficient (Wildman–Crippen LogP) is 3.56. The number of rotatable bonds is 5. The summed E-state index contributed by atoms with van der Waals surface area (Å²) in [4.78, 5) is 22.6. The Kier molecular flexibility index (Phi) is 6.17. The van der Waals surface area contributed by atoms with Gasteiger partial charge in [-0.2, -0.15) is 0 Å². The van der Waals surface area contributed by atoms with Gasteiger partial charge in [0.1, 0.15) is 11.4 Å². The molecular weight excluding hydrogens is 313 g/mol. The zero-order chi connectivity index (χ0) is 16.9. The SMILES string of the molecule is CC(C)(C)OC(=O)NC[C@@H](CC(=O)O)c1ccc(Cl)c(F)c1. The Morgan fingerprint density at radius 1 is 1.41 bits per heavy atom. The second kappa shape index (κ2) is 7.45. The van der Waals surface area contributed by atoms with Gasteiger partial charge < -0.3 is 15.2 Å². The lowest BCUT2D eigenvalue weighted by atomic mass is 9.95. The number of ether oxygens (including phenoxy) is 1. The molecule has 0 heterocycles. The molecule has 0 unspecified atom stereocenters. The standard InChI is InChI=1S/C15H19ClFNO4/c1-15(2,3)22-14(21)18-8-10(7-13(19)20)9-4-5-11(16)12(17)6-9/h4-6,10H,7-8H2,1-3H3,(H,18,21)(H,19,20)/t10-/m1/s1. The summed E-state index contributed by atoms with van der Waals surface area (Å²) in [5.74, 6) is -2.27. The normalized spacial score (nSPS) is 12.6. The molecule has 1 aromatic rings. The zero-order valence-corrected chi connectivity index (χ0v) is 13.4. The molecule has 0 saturated carbocycles. The molecule has 0 aliphatic carbocycles. The fourth-order valence-electron chi connectivity index (χ4n) is 1.81. The molecule has 0 aromatic heterocycles. The van der Waals surface area contributed by atoms with Crippen molar-refractivity contribution in [3.63, 3.8) is 0 Å². The number of alkyl carbamates (subject to hydrolysis) is 1. The van der Waals surface area contributed by atoms with E-state index in [1.54, 1.807) is 20.8 Å². The fraction of sp³-hybridized carbons (Fsp3) is 0.467. The first-order valence-electron chi connectivity index (χ1n) is 6.72. The van der Waals surface area contributed by atoms with Gasteiger partial charge in [-0.25, -0.2) is 9.18 Å². The van der Waals surface area contributed by atoms with Gasteiger partial charge in [-0.05, 0) is 38.5 Å². The van der Waals surface area contributed by atoms with Crippen molar-refractivity contribution >= 4 is 23.7 Å². The zero-order valence-electron chi connectivity index (χ0n) is 12.7. The maximum Gasteiger partial charge on any atom is 0.407 e. The van der Waals surface area contributed by atoms with E-state index in [4.69, 9.17) is 21.4 Å². The largest absolute Gasteiger partial charge is 0.481 e. The number of halogens is 2. The number of carbonyl (C=O) groups is 2. The first kappa shape index (κ1) is 18.2. The van der Waals surface area contributed by atoms with E-state index in [-0.39, 0.29) is 18.0 Å². The number of carbonyl (C=O) groups excluding carboxylic acids is 1. The smallest absolute Gasteiger partial charge is 0.407 e. The quantitative estimate of drug-likeness (QED) is 0.865. The van der Waals surface area contributed by atoms with Crippen LogP contribution in [0.15, 0.2) is 18.2 Å². The van der Waals surface area contributed by atoms with Crippen LogP contribution in [0.4, 0.5) is 9.18 Å². The number of hydrogen-bond acceptors (Lipinski definition) is 3. The van der Waals surface area contributed by atoms with E-state index >= 15 is 0 Å². The van der Waals surface area contributed by atoms with Gasteiger partial charge in [-0.15, -0.1) is 0 Å². The Morgan fingerprint density at radius 3 is 2.55 bits per heavy atom. The molecule has 22 heavy (non-hydrogen) atoms. The van der Waals surface area contributed by atoms with Crippen molar-refractivity contribution in [1.29, 1.82) is 0 Å². The monoisotopic (exact) mass is 331 g/mol. The van der Waals surface area contributed by atoms with Gasteiger partial charge in [-0.3, -0.25) is 4.79 Å². The van der Waals surface area contributed by atoms with Gasteiger partial charge in [0.25, 0.3) is 0 Å². The third-order valence-electron chi connectivity index (χ3n) is 2.73. The van der Waals surface area contributed by atoms with Crippen molar-refractivity contribution in [1.82, 2.24) is 5.32 Å². The molecule has 5 nitrogen and oxygen atoms in total. The van der Waals surface area contributed by atoms with Crippen LogP contribution >= 0.6 is 11.6 Å². The average molecular weight is 332 g/mol. The Morgan fingerprint density at radius 2 is 2.05 bits per heavy atom. The Balaban J connectivity index is 2.78. The van der Waals surface area contributed by atoms with Crippen LogP contribution in [0.1, 0.15) is 38.7 Å². The van der Waals surface area contributed by atoms with E-state index in [2.05, 4.69) is 5.32 Å². The number of carboxylic acids is 1. The van der Waals surface area contributed by atoms with Crippen LogP contribution in [-0.2, 0) is 9.53 Å². The average Bonchev–Trinajstić information content (AvgIpc) is 2.35. The summed E-state index contributed by atoms with van der Waals surface area (Å²) in [6.45, 7) is 5.17. The highest BCUT2D eigenvalue weighted by Gasteiger charge is 2.20. The third kappa shape index (κ3) is 6.30. The third-order valence-corrected chi connectivity index (χ3v) is 3.03. The molecule has 0 bridgehead atoms. The van der Waals surface area contributed by atoms with E-state index in [9.17, 15) is 14.0 Å². The molecule has 0 fully saturated rings. The summed E-state index contributed by atoms with van der Waals surface area (Å²) >= 11 is 5.61. The molecule has 1 aromatic carbocycles. The Bertz CT molecular complexity index is 557. The molecule has 122 valence electrons. The molecule has 1 rings (SSSR count). The lowest BCUT2D eigenvalue weighted by Gasteiger charge is -2.21. The first-order valence-corrected chi connectivity index (χ1v) is 7.10. The fourth-order valence-corrected chi connectivity index (χ4v) is 1.92. The summed E-state index contributed by atoms with van der Waals surface area (Å²) in [6.07, 6.45) is -0.908. The van der Waals surface area contributed by atoms with Gasteiger partial charge >= 0.3 is 12.1 Å². The number of carboxylic acid groups (broad SMARTS) is 1. The second-order valence-electron chi connectivity index (χ2n) is 5.85. The minimum absolute atomic E-state index is 0.0162. The van der Waals surface area contributed by atoms with Gasteiger partial charge in [0.2, 0.25) is 0 Å². The molecule has 0 saturated heterocycles. The molecule has 1 amide bonds. The maximum absolute atomic E-state index is 13.5. The molecule has 7 heteroatoms. The molecule has 0 aliphatic heterocycles. The van der Waals surface area contributed by atoms with Gasteiger partial charge in [-0.1, -0.05) is 17.7 Å². The highest BCUT2D eigenvalue weighted by molar-refractivity contribution is 6.30. The Hall–Kier alpha value is -1.82. The van der Waals surface area contributed by atoms with Crippen LogP contribution in [0, 0.1) is 5.82 Å². The van der Waals surface area contributed by atoms with Crippen molar-refractivity contribution in [2.45, 2.75) is 38.7 Å². The molecule has 1 atom stereocenters. The number of benzene rings is 1. The van der Waals surface area contributed by atoms with Crippen molar-refractivity contribution in [2.24, 2.45) is 0 Å². The molecule has 0 radical (unpaired) electrons. The first-order chi connectivity index (χ1) is 10.1. The molecule has 2 N–H and O–H groups in total. The summed E-state index contributed by atoms with van der Waals surface area (Å²) < 4.78 is 18.6. The summed E-state index contributed by atoms with van der Waals surface area (Å²) in [7, 11) is 0. The Labute approximate surface area is 133 Å². The van der Waals surface area contributed by atoms with Crippen LogP contribution in [0.3, 0.4) is 0 Å². The highest BCUT2D eigenvalue weighted by atomic mass is 35.5. The topological polar surface area (TPSA) is 75.6 Å². The van der Waals surface area contributed by atoms with Crippen LogP contribution in [0.5, 0.6) is 0 Å². The van der Waals surface area contributed by atoms with Crippen LogP contribution in [-0.4, -0.2) is 29.3 Å². The predicted molar refractivity (Wildman–Crippen MR) is 80.6 cm³/mol.